The highest BCUT2D eigenvalue weighted by molar-refractivity contribution is 6.30. The number of anilines is 2. The van der Waals surface area contributed by atoms with Crippen LogP contribution in [-0.2, 0) is 22.2 Å². The standard InChI is InChI=1S/C17H12ClF3N2O2/c18-12-4-1-10(2-5-12)7-16(25)23-9-15(24)22-13-8-11(17(19,20)21)3-6-14(13)23/h1-6,8H,7,9H2,(H,22,24). The molecule has 2 amide bonds. The summed E-state index contributed by atoms with van der Waals surface area (Å²) in [6.45, 7) is -0.245. The quantitative estimate of drug-likeness (QED) is 0.874. The number of carbonyl (C=O) groups excluding carboxylic acids is 2. The first-order chi connectivity index (χ1) is 11.7. The van der Waals surface area contributed by atoms with Gasteiger partial charge < -0.3 is 10.2 Å². The van der Waals surface area contributed by atoms with Gasteiger partial charge in [0.15, 0.2) is 0 Å². The van der Waals surface area contributed by atoms with Crippen LogP contribution in [0.2, 0.25) is 5.02 Å². The van der Waals surface area contributed by atoms with Gasteiger partial charge in [0, 0.05) is 5.02 Å². The Morgan fingerprint density at radius 3 is 2.48 bits per heavy atom. The predicted octanol–water partition coefficient (Wildman–Crippen LogP) is 3.89. The molecule has 0 spiro atoms. The molecule has 1 aliphatic heterocycles. The van der Waals surface area contributed by atoms with Crippen molar-refractivity contribution in [2.45, 2.75) is 12.6 Å². The van der Waals surface area contributed by atoms with E-state index in [4.69, 9.17) is 11.6 Å². The van der Waals surface area contributed by atoms with Crippen molar-refractivity contribution in [2.24, 2.45) is 0 Å². The Balaban J connectivity index is 1.89. The number of rotatable bonds is 2. The molecule has 0 saturated carbocycles. The molecule has 130 valence electrons. The zero-order chi connectivity index (χ0) is 18.2. The number of fused-ring (bicyclic) bond motifs is 1. The summed E-state index contributed by atoms with van der Waals surface area (Å²) in [4.78, 5) is 25.5. The molecule has 1 aliphatic rings. The molecule has 0 radical (unpaired) electrons. The lowest BCUT2D eigenvalue weighted by atomic mass is 10.1. The topological polar surface area (TPSA) is 49.4 Å². The summed E-state index contributed by atoms with van der Waals surface area (Å²) in [5.74, 6) is -0.936. The van der Waals surface area contributed by atoms with Crippen molar-refractivity contribution >= 4 is 34.8 Å². The van der Waals surface area contributed by atoms with Crippen LogP contribution >= 0.6 is 11.6 Å². The molecule has 0 aromatic heterocycles. The van der Waals surface area contributed by atoms with Gasteiger partial charge in [-0.15, -0.1) is 0 Å². The minimum absolute atomic E-state index is 0.00487. The summed E-state index contributed by atoms with van der Waals surface area (Å²) in [6, 6.07) is 9.54. The Morgan fingerprint density at radius 1 is 1.16 bits per heavy atom. The van der Waals surface area contributed by atoms with Crippen molar-refractivity contribution in [1.82, 2.24) is 0 Å². The van der Waals surface area contributed by atoms with Gasteiger partial charge in [-0.3, -0.25) is 9.59 Å². The first-order valence-corrected chi connectivity index (χ1v) is 7.68. The van der Waals surface area contributed by atoms with E-state index in [0.717, 1.165) is 12.1 Å². The number of nitrogens with one attached hydrogen (secondary N) is 1. The Kier molecular flexibility index (Phi) is 4.43. The third-order valence-corrected chi connectivity index (χ3v) is 4.01. The average molecular weight is 369 g/mol. The van der Waals surface area contributed by atoms with E-state index in [9.17, 15) is 22.8 Å². The number of halogens is 4. The van der Waals surface area contributed by atoms with E-state index in [2.05, 4.69) is 5.32 Å². The van der Waals surface area contributed by atoms with Gasteiger partial charge in [0.25, 0.3) is 0 Å². The van der Waals surface area contributed by atoms with Crippen molar-refractivity contribution in [2.75, 3.05) is 16.8 Å². The lowest BCUT2D eigenvalue weighted by Gasteiger charge is -2.30. The van der Waals surface area contributed by atoms with E-state index in [1.807, 2.05) is 0 Å². The first kappa shape index (κ1) is 17.3. The van der Waals surface area contributed by atoms with Crippen LogP contribution in [0, 0.1) is 0 Å². The highest BCUT2D eigenvalue weighted by Crippen LogP contribution is 2.37. The molecule has 8 heteroatoms. The molecule has 0 fully saturated rings. The average Bonchev–Trinajstić information content (AvgIpc) is 2.54. The predicted molar refractivity (Wildman–Crippen MR) is 87.6 cm³/mol. The number of benzene rings is 2. The van der Waals surface area contributed by atoms with Crippen molar-refractivity contribution in [3.8, 4) is 0 Å². The van der Waals surface area contributed by atoms with E-state index in [1.165, 1.54) is 11.0 Å². The zero-order valence-electron chi connectivity index (χ0n) is 12.7. The van der Waals surface area contributed by atoms with E-state index in [0.29, 0.717) is 10.6 Å². The molecular formula is C17H12ClF3N2O2. The molecule has 2 aromatic rings. The summed E-state index contributed by atoms with van der Waals surface area (Å²) in [5.41, 5.74) is 0.00879. The minimum atomic E-state index is -4.53. The molecule has 0 aliphatic carbocycles. The Bertz CT molecular complexity index is 835. The van der Waals surface area contributed by atoms with Gasteiger partial charge in [-0.25, -0.2) is 0 Å². The molecule has 25 heavy (non-hydrogen) atoms. The number of nitrogens with zero attached hydrogens (tertiary/aromatic N) is 1. The molecule has 0 atom stereocenters. The summed E-state index contributed by atoms with van der Waals surface area (Å²) in [6.07, 6.45) is -4.53. The fraction of sp³-hybridized carbons (Fsp3) is 0.176. The van der Waals surface area contributed by atoms with Gasteiger partial charge in [-0.05, 0) is 35.9 Å². The second kappa shape index (κ2) is 6.40. The van der Waals surface area contributed by atoms with Crippen molar-refractivity contribution < 1.29 is 22.8 Å². The van der Waals surface area contributed by atoms with Crippen molar-refractivity contribution in [3.05, 3.63) is 58.6 Å². The molecule has 2 aromatic carbocycles. The smallest absolute Gasteiger partial charge is 0.323 e. The van der Waals surface area contributed by atoms with E-state index < -0.39 is 23.6 Å². The first-order valence-electron chi connectivity index (χ1n) is 7.30. The van der Waals surface area contributed by atoms with Crippen LogP contribution < -0.4 is 10.2 Å². The monoisotopic (exact) mass is 368 g/mol. The van der Waals surface area contributed by atoms with Gasteiger partial charge in [0.05, 0.1) is 23.4 Å². The number of hydrogen-bond acceptors (Lipinski definition) is 2. The molecule has 0 saturated heterocycles. The molecule has 0 bridgehead atoms. The molecule has 1 N–H and O–H groups in total. The molecule has 3 rings (SSSR count). The lowest BCUT2D eigenvalue weighted by Crippen LogP contribution is -2.43. The Labute approximate surface area is 146 Å². The van der Waals surface area contributed by atoms with Crippen LogP contribution in [0.15, 0.2) is 42.5 Å². The maximum absolute atomic E-state index is 12.8. The van der Waals surface area contributed by atoms with Crippen LogP contribution in [0.4, 0.5) is 24.5 Å². The second-order valence-electron chi connectivity index (χ2n) is 5.56. The van der Waals surface area contributed by atoms with Crippen molar-refractivity contribution in [1.29, 1.82) is 0 Å². The summed E-state index contributed by atoms with van der Waals surface area (Å²) >= 11 is 5.79. The number of carbonyl (C=O) groups is 2. The highest BCUT2D eigenvalue weighted by Gasteiger charge is 2.34. The van der Waals surface area contributed by atoms with Crippen LogP contribution in [0.5, 0.6) is 0 Å². The molecule has 1 heterocycles. The maximum Gasteiger partial charge on any atom is 0.416 e. The summed E-state index contributed by atoms with van der Waals surface area (Å²) < 4.78 is 38.5. The van der Waals surface area contributed by atoms with Crippen LogP contribution in [0.1, 0.15) is 11.1 Å². The highest BCUT2D eigenvalue weighted by atomic mass is 35.5. The van der Waals surface area contributed by atoms with Gasteiger partial charge in [-0.2, -0.15) is 13.2 Å². The lowest BCUT2D eigenvalue weighted by molar-refractivity contribution is -0.137. The third kappa shape index (κ3) is 3.76. The zero-order valence-corrected chi connectivity index (χ0v) is 13.5. The van der Waals surface area contributed by atoms with Gasteiger partial charge in [0.2, 0.25) is 11.8 Å². The largest absolute Gasteiger partial charge is 0.416 e. The summed E-state index contributed by atoms with van der Waals surface area (Å²) in [7, 11) is 0. The fourth-order valence-electron chi connectivity index (χ4n) is 2.56. The number of amides is 2. The molecule has 4 nitrogen and oxygen atoms in total. The van der Waals surface area contributed by atoms with E-state index in [-0.39, 0.29) is 24.3 Å². The summed E-state index contributed by atoms with van der Waals surface area (Å²) in [5, 5.41) is 2.90. The van der Waals surface area contributed by atoms with Crippen LogP contribution in [0.3, 0.4) is 0 Å². The van der Waals surface area contributed by atoms with Crippen molar-refractivity contribution in [3.63, 3.8) is 0 Å². The van der Waals surface area contributed by atoms with E-state index in [1.54, 1.807) is 24.3 Å². The second-order valence-corrected chi connectivity index (χ2v) is 6.00. The molecule has 0 unspecified atom stereocenters. The normalized spacial score (nSPS) is 14.1. The molecular weight excluding hydrogens is 357 g/mol. The minimum Gasteiger partial charge on any atom is -0.323 e. The maximum atomic E-state index is 12.8. The number of alkyl halides is 3. The van der Waals surface area contributed by atoms with Gasteiger partial charge in [-0.1, -0.05) is 23.7 Å². The van der Waals surface area contributed by atoms with Gasteiger partial charge in [0.1, 0.15) is 6.54 Å². The van der Waals surface area contributed by atoms with E-state index >= 15 is 0 Å². The Morgan fingerprint density at radius 2 is 1.84 bits per heavy atom. The van der Waals surface area contributed by atoms with Crippen LogP contribution in [-0.4, -0.2) is 18.4 Å². The van der Waals surface area contributed by atoms with Crippen LogP contribution in [0.25, 0.3) is 0 Å². The fourth-order valence-corrected chi connectivity index (χ4v) is 2.69. The van der Waals surface area contributed by atoms with Gasteiger partial charge >= 0.3 is 6.18 Å². The SMILES string of the molecule is O=C1CN(C(=O)Cc2ccc(Cl)cc2)c2ccc(C(F)(F)F)cc2N1. The Hall–Kier alpha value is -2.54. The third-order valence-electron chi connectivity index (χ3n) is 3.76. The number of hydrogen-bond donors (Lipinski definition) is 1.